The summed E-state index contributed by atoms with van der Waals surface area (Å²) < 4.78 is 12.9. The zero-order valence-electron chi connectivity index (χ0n) is 18.7. The third kappa shape index (κ3) is 3.81. The van der Waals surface area contributed by atoms with E-state index in [2.05, 4.69) is 34.7 Å². The summed E-state index contributed by atoms with van der Waals surface area (Å²) in [6, 6.07) is 5.97. The van der Waals surface area contributed by atoms with Crippen LogP contribution in [-0.4, -0.2) is 46.8 Å². The number of benzene rings is 1. The van der Waals surface area contributed by atoms with Gasteiger partial charge in [-0.3, -0.25) is 9.69 Å². The summed E-state index contributed by atoms with van der Waals surface area (Å²) in [6.07, 6.45) is 4.36. The third-order valence-electron chi connectivity index (χ3n) is 5.78. The van der Waals surface area contributed by atoms with Gasteiger partial charge in [0, 0.05) is 23.6 Å². The Bertz CT molecular complexity index is 1140. The molecule has 0 saturated carbocycles. The van der Waals surface area contributed by atoms with Crippen LogP contribution in [0.3, 0.4) is 0 Å². The molecule has 1 unspecified atom stereocenters. The van der Waals surface area contributed by atoms with Crippen molar-refractivity contribution in [3.05, 3.63) is 41.6 Å². The lowest BCUT2D eigenvalue weighted by atomic mass is 9.80. The summed E-state index contributed by atoms with van der Waals surface area (Å²) in [5.41, 5.74) is 3.69. The van der Waals surface area contributed by atoms with Crippen molar-refractivity contribution in [2.75, 3.05) is 13.7 Å². The largest absolute Gasteiger partial charge is 0.469 e. The summed E-state index contributed by atoms with van der Waals surface area (Å²) in [6.45, 7) is 8.22. The molecule has 2 aromatic rings. The number of hydrogen-bond donors (Lipinski definition) is 0. The molecule has 6 nitrogen and oxygen atoms in total. The van der Waals surface area contributed by atoms with Crippen LogP contribution in [-0.2, 0) is 27.2 Å². The molecular weight excluding hydrogens is 392 g/mol. The van der Waals surface area contributed by atoms with Crippen LogP contribution in [0.15, 0.2) is 30.5 Å². The van der Waals surface area contributed by atoms with Crippen LogP contribution in [0, 0.1) is 17.8 Å². The number of rotatable bonds is 2. The van der Waals surface area contributed by atoms with E-state index >= 15 is 0 Å². The molecule has 2 atom stereocenters. The highest BCUT2D eigenvalue weighted by Crippen LogP contribution is 2.42. The fraction of sp³-hybridized carbons (Fsp3) is 0.440. The summed E-state index contributed by atoms with van der Waals surface area (Å²) in [7, 11) is 1.37. The van der Waals surface area contributed by atoms with Gasteiger partial charge in [-0.05, 0) is 56.9 Å². The number of amides is 1. The Kier molecular flexibility index (Phi) is 5.30. The SMILES string of the molecule is CC#CCn1cc2c3c(cccc31)C1=C[C@@H](C(=O)OC)CN(C(=O)OC(C)(C)C)C1C2. The Morgan fingerprint density at radius 1 is 1.26 bits per heavy atom. The summed E-state index contributed by atoms with van der Waals surface area (Å²) in [5.74, 6) is 5.20. The molecule has 1 aliphatic carbocycles. The molecule has 1 aliphatic heterocycles. The molecule has 1 amide bonds. The predicted octanol–water partition coefficient (Wildman–Crippen LogP) is 4.01. The number of methoxy groups -OCH3 is 1. The first kappa shape index (κ1) is 21.0. The first-order chi connectivity index (χ1) is 14.7. The Morgan fingerprint density at radius 2 is 2.03 bits per heavy atom. The van der Waals surface area contributed by atoms with Crippen molar-refractivity contribution in [3.63, 3.8) is 0 Å². The molecule has 162 valence electrons. The minimum Gasteiger partial charge on any atom is -0.469 e. The molecule has 2 heterocycles. The maximum absolute atomic E-state index is 13.1. The number of hydrogen-bond acceptors (Lipinski definition) is 4. The van der Waals surface area contributed by atoms with E-state index in [1.165, 1.54) is 12.7 Å². The summed E-state index contributed by atoms with van der Waals surface area (Å²) in [5, 5.41) is 1.16. The van der Waals surface area contributed by atoms with Crippen LogP contribution in [0.25, 0.3) is 16.5 Å². The second kappa shape index (κ2) is 7.81. The van der Waals surface area contributed by atoms with E-state index in [1.807, 2.05) is 39.8 Å². The lowest BCUT2D eigenvalue weighted by molar-refractivity contribution is -0.144. The Balaban J connectivity index is 1.84. The fourth-order valence-electron chi connectivity index (χ4n) is 4.53. The number of aromatic nitrogens is 1. The molecule has 0 saturated heterocycles. The number of carbonyl (C=O) groups is 2. The molecule has 0 fully saturated rings. The van der Waals surface area contributed by atoms with Crippen LogP contribution in [0.5, 0.6) is 0 Å². The minimum atomic E-state index is -0.624. The third-order valence-corrected chi connectivity index (χ3v) is 5.78. The number of esters is 1. The number of carbonyl (C=O) groups excluding carboxylic acids is 2. The van der Waals surface area contributed by atoms with E-state index in [0.717, 1.165) is 22.0 Å². The Morgan fingerprint density at radius 3 is 2.71 bits per heavy atom. The van der Waals surface area contributed by atoms with Crippen LogP contribution < -0.4 is 0 Å². The van der Waals surface area contributed by atoms with Gasteiger partial charge in [0.25, 0.3) is 0 Å². The van der Waals surface area contributed by atoms with Crippen molar-refractivity contribution >= 4 is 28.5 Å². The normalized spacial score (nSPS) is 19.8. The monoisotopic (exact) mass is 420 g/mol. The average Bonchev–Trinajstić information content (AvgIpc) is 3.08. The first-order valence-electron chi connectivity index (χ1n) is 10.5. The molecule has 0 radical (unpaired) electrons. The van der Waals surface area contributed by atoms with Crippen LogP contribution in [0.4, 0.5) is 4.79 Å². The fourth-order valence-corrected chi connectivity index (χ4v) is 4.53. The lowest BCUT2D eigenvalue weighted by Gasteiger charge is -2.41. The van der Waals surface area contributed by atoms with Crippen molar-refractivity contribution in [2.45, 2.75) is 52.3 Å². The number of fused-ring (bicyclic) bond motifs is 2. The van der Waals surface area contributed by atoms with Crippen molar-refractivity contribution in [1.82, 2.24) is 9.47 Å². The highest BCUT2D eigenvalue weighted by atomic mass is 16.6. The van der Waals surface area contributed by atoms with E-state index in [1.54, 1.807) is 4.90 Å². The van der Waals surface area contributed by atoms with E-state index in [4.69, 9.17) is 9.47 Å². The maximum Gasteiger partial charge on any atom is 0.410 e. The highest BCUT2D eigenvalue weighted by Gasteiger charge is 2.41. The zero-order valence-corrected chi connectivity index (χ0v) is 18.7. The number of nitrogens with zero attached hydrogens (tertiary/aromatic N) is 2. The van der Waals surface area contributed by atoms with Gasteiger partial charge in [0.15, 0.2) is 0 Å². The zero-order chi connectivity index (χ0) is 22.3. The summed E-state index contributed by atoms with van der Waals surface area (Å²) in [4.78, 5) is 27.3. The molecule has 0 bridgehead atoms. The topological polar surface area (TPSA) is 60.8 Å². The first-order valence-corrected chi connectivity index (χ1v) is 10.5. The van der Waals surface area contributed by atoms with Gasteiger partial charge in [0.05, 0.1) is 25.6 Å². The molecule has 31 heavy (non-hydrogen) atoms. The van der Waals surface area contributed by atoms with Gasteiger partial charge in [-0.2, -0.15) is 0 Å². The second-order valence-electron chi connectivity index (χ2n) is 9.01. The van der Waals surface area contributed by atoms with Gasteiger partial charge in [0.1, 0.15) is 5.60 Å². The van der Waals surface area contributed by atoms with E-state index in [9.17, 15) is 9.59 Å². The molecule has 0 spiro atoms. The lowest BCUT2D eigenvalue weighted by Crippen LogP contribution is -2.51. The van der Waals surface area contributed by atoms with Crippen LogP contribution in [0.2, 0.25) is 0 Å². The molecule has 4 rings (SSSR count). The Hall–Kier alpha value is -3.20. The predicted molar refractivity (Wildman–Crippen MR) is 119 cm³/mol. The van der Waals surface area contributed by atoms with Gasteiger partial charge in [-0.15, -0.1) is 5.92 Å². The number of ether oxygens (including phenoxy) is 2. The molecule has 0 N–H and O–H groups in total. The molecule has 1 aromatic carbocycles. The second-order valence-corrected chi connectivity index (χ2v) is 9.01. The van der Waals surface area contributed by atoms with E-state index in [-0.39, 0.29) is 18.6 Å². The molecule has 2 aliphatic rings. The quantitative estimate of drug-likeness (QED) is 0.544. The molecular formula is C25H28N2O4. The van der Waals surface area contributed by atoms with Crippen molar-refractivity contribution in [1.29, 1.82) is 0 Å². The van der Waals surface area contributed by atoms with Crippen molar-refractivity contribution in [3.8, 4) is 11.8 Å². The van der Waals surface area contributed by atoms with E-state index < -0.39 is 17.6 Å². The van der Waals surface area contributed by atoms with Crippen molar-refractivity contribution < 1.29 is 19.1 Å². The standard InChI is InChI=1S/C25H28N2O4/c1-6-7-11-26-14-16-13-21-19(18-9-8-10-20(26)22(16)18)12-17(23(28)30-5)15-27(21)24(29)31-25(2,3)4/h8-10,12,14,17,21H,11,13,15H2,1-5H3/t17-,21?/m1/s1. The van der Waals surface area contributed by atoms with Gasteiger partial charge < -0.3 is 14.0 Å². The smallest absolute Gasteiger partial charge is 0.410 e. The minimum absolute atomic E-state index is 0.193. The van der Waals surface area contributed by atoms with Gasteiger partial charge in [-0.1, -0.05) is 24.1 Å². The Labute approximate surface area is 182 Å². The van der Waals surface area contributed by atoms with Gasteiger partial charge in [-0.25, -0.2) is 4.79 Å². The molecule has 6 heteroatoms. The van der Waals surface area contributed by atoms with Gasteiger partial charge in [0.2, 0.25) is 0 Å². The van der Waals surface area contributed by atoms with Crippen LogP contribution in [0.1, 0.15) is 38.8 Å². The van der Waals surface area contributed by atoms with Crippen LogP contribution >= 0.6 is 0 Å². The molecule has 1 aromatic heterocycles. The van der Waals surface area contributed by atoms with Crippen molar-refractivity contribution in [2.24, 2.45) is 5.92 Å². The van der Waals surface area contributed by atoms with E-state index in [0.29, 0.717) is 13.0 Å². The van der Waals surface area contributed by atoms with Gasteiger partial charge >= 0.3 is 12.1 Å². The maximum atomic E-state index is 13.1. The average molecular weight is 421 g/mol. The highest BCUT2D eigenvalue weighted by molar-refractivity contribution is 6.00. The summed E-state index contributed by atoms with van der Waals surface area (Å²) >= 11 is 0.